The molecule has 1 heterocycles. The zero-order valence-corrected chi connectivity index (χ0v) is 15.8. The van der Waals surface area contributed by atoms with Gasteiger partial charge in [-0.25, -0.2) is 0 Å². The number of carbonyl (C=O) groups excluding carboxylic acids is 1. The summed E-state index contributed by atoms with van der Waals surface area (Å²) < 4.78 is 3.08. The molecule has 0 aliphatic heterocycles. The minimum absolute atomic E-state index is 0.0537. The lowest BCUT2D eigenvalue weighted by molar-refractivity contribution is 0.0786. The van der Waals surface area contributed by atoms with Crippen molar-refractivity contribution in [3.05, 3.63) is 94.2 Å². The molecule has 0 saturated heterocycles. The third kappa shape index (κ3) is 4.60. The van der Waals surface area contributed by atoms with E-state index in [2.05, 4.69) is 40.2 Å². The lowest BCUT2D eigenvalue weighted by atomic mass is 10.1. The Bertz CT molecular complexity index is 825. The number of hydrogen-bond donors (Lipinski definition) is 0. The van der Waals surface area contributed by atoms with Gasteiger partial charge in [-0.2, -0.15) is 0 Å². The zero-order chi connectivity index (χ0) is 17.6. The van der Waals surface area contributed by atoms with Crippen molar-refractivity contribution in [2.24, 2.45) is 0 Å². The molecule has 1 aromatic heterocycles. The van der Waals surface area contributed by atoms with Crippen LogP contribution in [0.3, 0.4) is 0 Å². The third-order valence-electron chi connectivity index (χ3n) is 4.24. The summed E-state index contributed by atoms with van der Waals surface area (Å²) >= 11 is 3.44. The van der Waals surface area contributed by atoms with Gasteiger partial charge in [0.05, 0.1) is 0 Å². The summed E-state index contributed by atoms with van der Waals surface area (Å²) in [6.45, 7) is 1.40. The molecule has 0 bridgehead atoms. The Kier molecular flexibility index (Phi) is 5.71. The molecule has 0 unspecified atom stereocenters. The van der Waals surface area contributed by atoms with Crippen LogP contribution >= 0.6 is 15.9 Å². The molecule has 4 heteroatoms. The lowest BCUT2D eigenvalue weighted by Gasteiger charge is -2.18. The molecule has 128 valence electrons. The summed E-state index contributed by atoms with van der Waals surface area (Å²) in [4.78, 5) is 14.6. The van der Waals surface area contributed by atoms with E-state index in [0.29, 0.717) is 13.1 Å². The molecule has 3 nitrogen and oxygen atoms in total. The molecule has 0 fully saturated rings. The van der Waals surface area contributed by atoms with E-state index in [1.54, 1.807) is 4.90 Å². The van der Waals surface area contributed by atoms with Gasteiger partial charge in [0, 0.05) is 30.8 Å². The highest BCUT2D eigenvalue weighted by molar-refractivity contribution is 9.10. The van der Waals surface area contributed by atoms with E-state index < -0.39 is 0 Å². The number of amides is 1. The van der Waals surface area contributed by atoms with Crippen molar-refractivity contribution in [3.63, 3.8) is 0 Å². The van der Waals surface area contributed by atoms with Crippen molar-refractivity contribution in [1.29, 1.82) is 0 Å². The number of nitrogens with zero attached hydrogens (tertiary/aromatic N) is 2. The SMILES string of the molecule is CN(CCc1ccc(Br)cc1)C(=O)c1cccn1Cc1ccccc1. The first-order valence-corrected chi connectivity index (χ1v) is 9.12. The van der Waals surface area contributed by atoms with Gasteiger partial charge in [-0.3, -0.25) is 4.79 Å². The molecular formula is C21H21BrN2O. The molecule has 0 radical (unpaired) electrons. The van der Waals surface area contributed by atoms with E-state index in [9.17, 15) is 4.79 Å². The average Bonchev–Trinajstić information content (AvgIpc) is 3.09. The van der Waals surface area contributed by atoms with Crippen LogP contribution in [-0.2, 0) is 13.0 Å². The summed E-state index contributed by atoms with van der Waals surface area (Å²) in [5.74, 6) is 0.0537. The molecule has 3 aromatic rings. The third-order valence-corrected chi connectivity index (χ3v) is 4.77. The number of likely N-dealkylation sites (N-methyl/N-ethyl adjacent to an activating group) is 1. The second kappa shape index (κ2) is 8.17. The van der Waals surface area contributed by atoms with Gasteiger partial charge in [0.2, 0.25) is 0 Å². The van der Waals surface area contributed by atoms with Crippen LogP contribution in [0.25, 0.3) is 0 Å². The van der Waals surface area contributed by atoms with Gasteiger partial charge in [-0.1, -0.05) is 58.4 Å². The molecule has 0 spiro atoms. The predicted octanol–water partition coefficient (Wildman–Crippen LogP) is 4.61. The molecule has 0 saturated carbocycles. The van der Waals surface area contributed by atoms with Gasteiger partial charge >= 0.3 is 0 Å². The first-order chi connectivity index (χ1) is 12.1. The van der Waals surface area contributed by atoms with Gasteiger partial charge < -0.3 is 9.47 Å². The Balaban J connectivity index is 1.64. The van der Waals surface area contributed by atoms with Crippen LogP contribution in [0.2, 0.25) is 0 Å². The first kappa shape index (κ1) is 17.5. The fourth-order valence-electron chi connectivity index (χ4n) is 2.77. The first-order valence-electron chi connectivity index (χ1n) is 8.32. The van der Waals surface area contributed by atoms with Gasteiger partial charge in [-0.05, 0) is 41.8 Å². The van der Waals surface area contributed by atoms with Crippen molar-refractivity contribution < 1.29 is 4.79 Å². The lowest BCUT2D eigenvalue weighted by Crippen LogP contribution is -2.30. The van der Waals surface area contributed by atoms with Crippen molar-refractivity contribution in [2.75, 3.05) is 13.6 Å². The molecule has 2 aromatic carbocycles. The molecule has 1 amide bonds. The van der Waals surface area contributed by atoms with E-state index in [-0.39, 0.29) is 5.91 Å². The smallest absolute Gasteiger partial charge is 0.270 e. The van der Waals surface area contributed by atoms with Gasteiger partial charge in [0.15, 0.2) is 0 Å². The minimum Gasteiger partial charge on any atom is -0.340 e. The maximum absolute atomic E-state index is 12.8. The van der Waals surface area contributed by atoms with Crippen LogP contribution in [0, 0.1) is 0 Å². The molecule has 0 aliphatic carbocycles. The van der Waals surface area contributed by atoms with Crippen LogP contribution in [0.5, 0.6) is 0 Å². The minimum atomic E-state index is 0.0537. The number of halogens is 1. The van der Waals surface area contributed by atoms with E-state index in [0.717, 1.165) is 16.6 Å². The Morgan fingerprint density at radius 3 is 2.40 bits per heavy atom. The van der Waals surface area contributed by atoms with Crippen molar-refractivity contribution in [3.8, 4) is 0 Å². The molecule has 0 N–H and O–H groups in total. The Labute approximate surface area is 157 Å². The maximum Gasteiger partial charge on any atom is 0.270 e. The number of rotatable bonds is 6. The zero-order valence-electron chi connectivity index (χ0n) is 14.2. The summed E-state index contributed by atoms with van der Waals surface area (Å²) in [6, 6.07) is 22.2. The van der Waals surface area contributed by atoms with Crippen molar-refractivity contribution in [1.82, 2.24) is 9.47 Å². The molecule has 0 aliphatic rings. The number of aromatic nitrogens is 1. The van der Waals surface area contributed by atoms with Gasteiger partial charge in [-0.15, -0.1) is 0 Å². The van der Waals surface area contributed by atoms with Crippen LogP contribution < -0.4 is 0 Å². The monoisotopic (exact) mass is 396 g/mol. The Morgan fingerprint density at radius 2 is 1.68 bits per heavy atom. The van der Waals surface area contributed by atoms with Gasteiger partial charge in [0.1, 0.15) is 5.69 Å². The van der Waals surface area contributed by atoms with Crippen LogP contribution in [0.4, 0.5) is 0 Å². The molecule has 0 atom stereocenters. The fourth-order valence-corrected chi connectivity index (χ4v) is 3.04. The second-order valence-corrected chi connectivity index (χ2v) is 7.03. The van der Waals surface area contributed by atoms with Crippen molar-refractivity contribution >= 4 is 21.8 Å². The normalized spacial score (nSPS) is 10.6. The highest BCUT2D eigenvalue weighted by atomic mass is 79.9. The summed E-state index contributed by atoms with van der Waals surface area (Å²) in [5.41, 5.74) is 3.13. The number of hydrogen-bond acceptors (Lipinski definition) is 1. The highest BCUT2D eigenvalue weighted by Crippen LogP contribution is 2.13. The predicted molar refractivity (Wildman–Crippen MR) is 105 cm³/mol. The summed E-state index contributed by atoms with van der Waals surface area (Å²) in [7, 11) is 1.86. The molecular weight excluding hydrogens is 376 g/mol. The topological polar surface area (TPSA) is 25.2 Å². The molecule has 3 rings (SSSR count). The van der Waals surface area contributed by atoms with Crippen LogP contribution in [0.15, 0.2) is 77.4 Å². The van der Waals surface area contributed by atoms with Crippen molar-refractivity contribution in [2.45, 2.75) is 13.0 Å². The average molecular weight is 397 g/mol. The Morgan fingerprint density at radius 1 is 0.960 bits per heavy atom. The van der Waals surface area contributed by atoms with E-state index >= 15 is 0 Å². The van der Waals surface area contributed by atoms with E-state index in [4.69, 9.17) is 0 Å². The Hall–Kier alpha value is -2.33. The summed E-state index contributed by atoms with van der Waals surface area (Å²) in [5, 5.41) is 0. The van der Waals surface area contributed by atoms with Crippen LogP contribution in [-0.4, -0.2) is 29.0 Å². The standard InChI is InChI=1S/C21H21BrN2O/c1-23(15-13-17-9-11-19(22)12-10-17)21(25)20-8-5-14-24(20)16-18-6-3-2-4-7-18/h2-12,14H,13,15-16H2,1H3. The second-order valence-electron chi connectivity index (χ2n) is 6.11. The molecule has 25 heavy (non-hydrogen) atoms. The van der Waals surface area contributed by atoms with E-state index in [1.807, 2.05) is 60.3 Å². The maximum atomic E-state index is 12.8. The highest BCUT2D eigenvalue weighted by Gasteiger charge is 2.15. The van der Waals surface area contributed by atoms with E-state index in [1.165, 1.54) is 11.1 Å². The van der Waals surface area contributed by atoms with Gasteiger partial charge in [0.25, 0.3) is 5.91 Å². The number of carbonyl (C=O) groups is 1. The fraction of sp³-hybridized carbons (Fsp3) is 0.190. The van der Waals surface area contributed by atoms with Crippen LogP contribution in [0.1, 0.15) is 21.6 Å². The quantitative estimate of drug-likeness (QED) is 0.596. The largest absolute Gasteiger partial charge is 0.340 e. The number of benzene rings is 2. The summed E-state index contributed by atoms with van der Waals surface area (Å²) in [6.07, 6.45) is 2.80.